The Morgan fingerprint density at radius 1 is 1.00 bits per heavy atom. The first-order valence-electron chi connectivity index (χ1n) is 10.6. The van der Waals surface area contributed by atoms with E-state index < -0.39 is 0 Å². The predicted molar refractivity (Wildman–Crippen MR) is 109 cm³/mol. The quantitative estimate of drug-likeness (QED) is 0.815. The topological polar surface area (TPSA) is 30.0 Å². The molecule has 4 rings (SSSR count). The molecule has 5 nitrogen and oxygen atoms in total. The van der Waals surface area contributed by atoms with Crippen LogP contribution in [0.15, 0.2) is 24.3 Å². The molecule has 0 N–H and O–H groups in total. The largest absolute Gasteiger partial charge is 0.333 e. The van der Waals surface area contributed by atoms with E-state index >= 15 is 0 Å². The van der Waals surface area contributed by atoms with Crippen LogP contribution in [0.25, 0.3) is 0 Å². The van der Waals surface area contributed by atoms with E-state index in [1.165, 1.54) is 31.4 Å². The highest BCUT2D eigenvalue weighted by molar-refractivity contribution is 5.94. The van der Waals surface area contributed by atoms with Crippen LogP contribution in [0.5, 0.6) is 0 Å². The van der Waals surface area contributed by atoms with Crippen LogP contribution in [-0.2, 0) is 6.54 Å². The zero-order chi connectivity index (χ0) is 18.8. The van der Waals surface area contributed by atoms with Crippen molar-refractivity contribution in [1.29, 1.82) is 0 Å². The molecule has 5 heteroatoms. The van der Waals surface area contributed by atoms with Gasteiger partial charge < -0.3 is 9.80 Å². The number of rotatable bonds is 3. The Morgan fingerprint density at radius 2 is 1.74 bits per heavy atom. The SMILES string of the molecule is CC1CN2CCCCC2CN1C(=O)c1ccc(CN2CCN(C)CC2)cc1. The summed E-state index contributed by atoms with van der Waals surface area (Å²) in [4.78, 5) is 22.7. The highest BCUT2D eigenvalue weighted by atomic mass is 16.2. The number of fused-ring (bicyclic) bond motifs is 1. The summed E-state index contributed by atoms with van der Waals surface area (Å²) in [5, 5.41) is 0. The smallest absolute Gasteiger partial charge is 0.254 e. The van der Waals surface area contributed by atoms with Crippen molar-refractivity contribution in [2.45, 2.75) is 44.8 Å². The van der Waals surface area contributed by atoms with E-state index in [2.05, 4.69) is 45.7 Å². The molecule has 2 atom stereocenters. The lowest BCUT2D eigenvalue weighted by molar-refractivity contribution is 0.0151. The summed E-state index contributed by atoms with van der Waals surface area (Å²) >= 11 is 0. The number of carbonyl (C=O) groups is 1. The monoisotopic (exact) mass is 370 g/mol. The van der Waals surface area contributed by atoms with Crippen molar-refractivity contribution < 1.29 is 4.79 Å². The number of nitrogens with zero attached hydrogens (tertiary/aromatic N) is 4. The first-order chi connectivity index (χ1) is 13.1. The number of likely N-dealkylation sites (N-methyl/N-ethyl adjacent to an activating group) is 1. The molecule has 1 amide bonds. The molecule has 0 aliphatic carbocycles. The third-order valence-corrected chi connectivity index (χ3v) is 6.65. The van der Waals surface area contributed by atoms with E-state index in [-0.39, 0.29) is 5.91 Å². The van der Waals surface area contributed by atoms with Crippen LogP contribution in [-0.4, -0.2) is 90.5 Å². The minimum absolute atomic E-state index is 0.207. The molecule has 27 heavy (non-hydrogen) atoms. The number of hydrogen-bond acceptors (Lipinski definition) is 4. The van der Waals surface area contributed by atoms with Crippen molar-refractivity contribution in [3.05, 3.63) is 35.4 Å². The van der Waals surface area contributed by atoms with Crippen LogP contribution in [0, 0.1) is 0 Å². The van der Waals surface area contributed by atoms with Crippen molar-refractivity contribution in [3.63, 3.8) is 0 Å². The van der Waals surface area contributed by atoms with Crippen molar-refractivity contribution in [2.75, 3.05) is 52.9 Å². The van der Waals surface area contributed by atoms with Crippen LogP contribution in [0.2, 0.25) is 0 Å². The van der Waals surface area contributed by atoms with Crippen molar-refractivity contribution in [1.82, 2.24) is 19.6 Å². The van der Waals surface area contributed by atoms with Gasteiger partial charge in [-0.2, -0.15) is 0 Å². The molecular formula is C22H34N4O. The van der Waals surface area contributed by atoms with Crippen LogP contribution in [0.3, 0.4) is 0 Å². The minimum Gasteiger partial charge on any atom is -0.333 e. The maximum atomic E-state index is 13.1. The highest BCUT2D eigenvalue weighted by Crippen LogP contribution is 2.25. The van der Waals surface area contributed by atoms with E-state index in [4.69, 9.17) is 0 Å². The molecule has 0 saturated carbocycles. The lowest BCUT2D eigenvalue weighted by Gasteiger charge is -2.47. The molecule has 3 aliphatic rings. The van der Waals surface area contributed by atoms with Crippen LogP contribution in [0.4, 0.5) is 0 Å². The van der Waals surface area contributed by atoms with Gasteiger partial charge in [-0.05, 0) is 51.1 Å². The molecule has 0 spiro atoms. The summed E-state index contributed by atoms with van der Waals surface area (Å²) in [5.41, 5.74) is 2.15. The average Bonchev–Trinajstić information content (AvgIpc) is 2.69. The molecule has 0 radical (unpaired) electrons. The van der Waals surface area contributed by atoms with Gasteiger partial charge in [0.2, 0.25) is 0 Å². The van der Waals surface area contributed by atoms with E-state index in [0.29, 0.717) is 12.1 Å². The summed E-state index contributed by atoms with van der Waals surface area (Å²) in [6.07, 6.45) is 3.85. The Bertz CT molecular complexity index is 638. The molecule has 3 heterocycles. The standard InChI is InChI=1S/C22H34N4O/c1-18-15-25-10-4-3-5-21(25)17-26(18)22(27)20-8-6-19(7-9-20)16-24-13-11-23(2)12-14-24/h6-9,18,21H,3-5,10-17H2,1-2H3. The van der Waals surface area contributed by atoms with Crippen LogP contribution >= 0.6 is 0 Å². The molecule has 3 fully saturated rings. The van der Waals surface area contributed by atoms with Gasteiger partial charge in [-0.15, -0.1) is 0 Å². The molecule has 1 aromatic rings. The third kappa shape index (κ3) is 4.36. The van der Waals surface area contributed by atoms with Crippen LogP contribution < -0.4 is 0 Å². The molecule has 2 unspecified atom stereocenters. The Labute approximate surface area is 163 Å². The summed E-state index contributed by atoms with van der Waals surface area (Å²) in [6, 6.07) is 9.23. The first kappa shape index (κ1) is 18.9. The van der Waals surface area contributed by atoms with E-state index in [0.717, 1.165) is 51.4 Å². The second-order valence-corrected chi connectivity index (χ2v) is 8.73. The second kappa shape index (κ2) is 8.29. The molecule has 3 aliphatic heterocycles. The fourth-order valence-electron chi connectivity index (χ4n) is 4.82. The minimum atomic E-state index is 0.207. The van der Waals surface area contributed by atoms with Gasteiger partial charge in [0.1, 0.15) is 0 Å². The lowest BCUT2D eigenvalue weighted by atomic mass is 9.96. The summed E-state index contributed by atoms with van der Waals surface area (Å²) in [5.74, 6) is 0.207. The zero-order valence-electron chi connectivity index (χ0n) is 16.9. The van der Waals surface area contributed by atoms with Gasteiger partial charge in [0.25, 0.3) is 5.91 Å². The van der Waals surface area contributed by atoms with Gasteiger partial charge in [-0.1, -0.05) is 18.6 Å². The van der Waals surface area contributed by atoms with Gasteiger partial charge in [0.05, 0.1) is 0 Å². The number of hydrogen-bond donors (Lipinski definition) is 0. The van der Waals surface area contributed by atoms with Crippen LogP contribution in [0.1, 0.15) is 42.1 Å². The normalized spacial score (nSPS) is 28.1. The number of piperidine rings is 1. The third-order valence-electron chi connectivity index (χ3n) is 6.65. The molecule has 0 bridgehead atoms. The Balaban J connectivity index is 1.37. The molecular weight excluding hydrogens is 336 g/mol. The van der Waals surface area contributed by atoms with Gasteiger partial charge in [0.15, 0.2) is 0 Å². The molecule has 0 aromatic heterocycles. The van der Waals surface area contributed by atoms with E-state index in [9.17, 15) is 4.79 Å². The highest BCUT2D eigenvalue weighted by Gasteiger charge is 2.35. The van der Waals surface area contributed by atoms with Crippen molar-refractivity contribution in [3.8, 4) is 0 Å². The van der Waals surface area contributed by atoms with E-state index in [1.54, 1.807) is 0 Å². The summed E-state index contributed by atoms with van der Waals surface area (Å²) < 4.78 is 0. The van der Waals surface area contributed by atoms with E-state index in [1.807, 2.05) is 12.1 Å². The van der Waals surface area contributed by atoms with Gasteiger partial charge in [0, 0.05) is 63.5 Å². The maximum absolute atomic E-state index is 13.1. The number of piperazine rings is 2. The van der Waals surface area contributed by atoms with Crippen molar-refractivity contribution >= 4 is 5.91 Å². The Hall–Kier alpha value is -1.43. The first-order valence-corrected chi connectivity index (χ1v) is 10.6. The zero-order valence-corrected chi connectivity index (χ0v) is 16.9. The number of benzene rings is 1. The molecule has 148 valence electrons. The fourth-order valence-corrected chi connectivity index (χ4v) is 4.82. The maximum Gasteiger partial charge on any atom is 0.254 e. The Kier molecular flexibility index (Phi) is 5.81. The number of carbonyl (C=O) groups excluding carboxylic acids is 1. The molecule has 1 aromatic carbocycles. The van der Waals surface area contributed by atoms with Gasteiger partial charge >= 0.3 is 0 Å². The molecule has 3 saturated heterocycles. The second-order valence-electron chi connectivity index (χ2n) is 8.73. The fraction of sp³-hybridized carbons (Fsp3) is 0.682. The Morgan fingerprint density at radius 3 is 2.48 bits per heavy atom. The lowest BCUT2D eigenvalue weighted by Crippen LogP contribution is -2.60. The van der Waals surface area contributed by atoms with Gasteiger partial charge in [-0.25, -0.2) is 0 Å². The summed E-state index contributed by atoms with van der Waals surface area (Å²) in [7, 11) is 2.19. The van der Waals surface area contributed by atoms with Gasteiger partial charge in [-0.3, -0.25) is 14.6 Å². The van der Waals surface area contributed by atoms with Crippen molar-refractivity contribution in [2.24, 2.45) is 0 Å². The summed E-state index contributed by atoms with van der Waals surface area (Å²) in [6.45, 7) is 10.8. The predicted octanol–water partition coefficient (Wildman–Crippen LogP) is 2.13. The average molecular weight is 371 g/mol. The number of amides is 1.